The van der Waals surface area contributed by atoms with E-state index in [0.717, 1.165) is 0 Å². The topological polar surface area (TPSA) is 55.6 Å². The van der Waals surface area contributed by atoms with E-state index < -0.39 is 5.41 Å². The molecule has 0 unspecified atom stereocenters. The Labute approximate surface area is 116 Å². The van der Waals surface area contributed by atoms with Crippen LogP contribution in [0.15, 0.2) is 0 Å². The second-order valence-corrected chi connectivity index (χ2v) is 5.24. The van der Waals surface area contributed by atoms with Crippen molar-refractivity contribution < 1.29 is 9.53 Å². The molecular formula is C13H26N2O2S. The molecule has 0 saturated carbocycles. The van der Waals surface area contributed by atoms with Crippen LogP contribution < -0.4 is 5.73 Å². The van der Waals surface area contributed by atoms with E-state index in [1.165, 1.54) is 0 Å². The predicted molar refractivity (Wildman–Crippen MR) is 78.5 cm³/mol. The van der Waals surface area contributed by atoms with Crippen LogP contribution in [0.3, 0.4) is 0 Å². The highest BCUT2D eigenvalue weighted by Crippen LogP contribution is 2.29. The van der Waals surface area contributed by atoms with Crippen LogP contribution in [0.2, 0.25) is 0 Å². The normalized spacial score (nSPS) is 11.7. The zero-order valence-electron chi connectivity index (χ0n) is 12.2. The number of likely N-dealkylation sites (N-methyl/N-ethyl adjacent to an activating group) is 1. The van der Waals surface area contributed by atoms with Gasteiger partial charge in [0.1, 0.15) is 0 Å². The molecule has 0 heterocycles. The van der Waals surface area contributed by atoms with Crippen molar-refractivity contribution in [2.45, 2.75) is 46.6 Å². The molecule has 0 aromatic rings. The molecule has 0 aromatic carbocycles. The van der Waals surface area contributed by atoms with Crippen molar-refractivity contribution in [3.8, 4) is 0 Å². The van der Waals surface area contributed by atoms with E-state index in [9.17, 15) is 4.79 Å². The maximum Gasteiger partial charge on any atom is 0.235 e. The molecule has 0 aliphatic heterocycles. The molecule has 0 spiro atoms. The average molecular weight is 274 g/mol. The molecule has 0 aromatic heterocycles. The van der Waals surface area contributed by atoms with Gasteiger partial charge in [0.25, 0.3) is 0 Å². The standard InChI is InChI=1S/C13H26N2O2S/c1-6-13(7-2,11(14)18)12(16)15(5)8-9-17-10(3)4/h10H,6-9H2,1-5H3,(H2,14,18). The van der Waals surface area contributed by atoms with Gasteiger partial charge in [-0.25, -0.2) is 0 Å². The van der Waals surface area contributed by atoms with Crippen LogP contribution in [0.1, 0.15) is 40.5 Å². The van der Waals surface area contributed by atoms with Gasteiger partial charge in [0, 0.05) is 13.6 Å². The van der Waals surface area contributed by atoms with E-state index in [-0.39, 0.29) is 17.0 Å². The van der Waals surface area contributed by atoms with E-state index in [2.05, 4.69) is 0 Å². The summed E-state index contributed by atoms with van der Waals surface area (Å²) in [6, 6.07) is 0. The van der Waals surface area contributed by atoms with Gasteiger partial charge in [-0.3, -0.25) is 4.79 Å². The van der Waals surface area contributed by atoms with Crippen molar-refractivity contribution in [3.05, 3.63) is 0 Å². The lowest BCUT2D eigenvalue weighted by Crippen LogP contribution is -2.49. The Morgan fingerprint density at radius 2 is 1.89 bits per heavy atom. The molecule has 18 heavy (non-hydrogen) atoms. The zero-order valence-corrected chi connectivity index (χ0v) is 13.0. The molecule has 0 fully saturated rings. The fourth-order valence-electron chi connectivity index (χ4n) is 1.90. The number of hydrogen-bond acceptors (Lipinski definition) is 3. The SMILES string of the molecule is CCC(CC)(C(=O)N(C)CCOC(C)C)C(N)=S. The van der Waals surface area contributed by atoms with Crippen LogP contribution in [-0.2, 0) is 9.53 Å². The number of nitrogens with two attached hydrogens (primary N) is 1. The summed E-state index contributed by atoms with van der Waals surface area (Å²) in [7, 11) is 1.77. The number of thiocarbonyl (C=S) groups is 1. The van der Waals surface area contributed by atoms with Crippen LogP contribution in [0.25, 0.3) is 0 Å². The first-order valence-corrected chi connectivity index (χ1v) is 6.89. The summed E-state index contributed by atoms with van der Waals surface area (Å²) in [5, 5.41) is 0. The summed E-state index contributed by atoms with van der Waals surface area (Å²) in [6.45, 7) is 8.92. The second-order valence-electron chi connectivity index (χ2n) is 4.80. The van der Waals surface area contributed by atoms with Gasteiger partial charge in [-0.05, 0) is 26.7 Å². The molecule has 106 valence electrons. The minimum absolute atomic E-state index is 0.00708. The average Bonchev–Trinajstić information content (AvgIpc) is 2.30. The van der Waals surface area contributed by atoms with Crippen molar-refractivity contribution in [2.24, 2.45) is 11.1 Å². The minimum Gasteiger partial charge on any atom is -0.392 e. The Morgan fingerprint density at radius 3 is 2.22 bits per heavy atom. The molecule has 0 saturated heterocycles. The molecule has 4 nitrogen and oxygen atoms in total. The number of rotatable bonds is 8. The molecule has 0 aliphatic rings. The zero-order chi connectivity index (χ0) is 14.3. The van der Waals surface area contributed by atoms with Gasteiger partial charge in [0.05, 0.1) is 23.1 Å². The van der Waals surface area contributed by atoms with Crippen LogP contribution >= 0.6 is 12.2 Å². The lowest BCUT2D eigenvalue weighted by molar-refractivity contribution is -0.138. The number of carbonyl (C=O) groups excluding carboxylic acids is 1. The van der Waals surface area contributed by atoms with Crippen molar-refractivity contribution in [1.29, 1.82) is 0 Å². The Morgan fingerprint density at radius 1 is 1.39 bits per heavy atom. The van der Waals surface area contributed by atoms with Crippen LogP contribution in [-0.4, -0.2) is 42.1 Å². The van der Waals surface area contributed by atoms with Crippen molar-refractivity contribution in [2.75, 3.05) is 20.2 Å². The first-order valence-electron chi connectivity index (χ1n) is 6.48. The molecule has 0 radical (unpaired) electrons. The van der Waals surface area contributed by atoms with Gasteiger partial charge in [0.15, 0.2) is 0 Å². The molecule has 0 aliphatic carbocycles. The third-order valence-electron chi connectivity index (χ3n) is 3.31. The van der Waals surface area contributed by atoms with Crippen molar-refractivity contribution in [3.63, 3.8) is 0 Å². The predicted octanol–water partition coefficient (Wildman–Crippen LogP) is 1.96. The molecular weight excluding hydrogens is 248 g/mol. The Hall–Kier alpha value is -0.680. The number of amides is 1. The van der Waals surface area contributed by atoms with E-state index in [1.54, 1.807) is 11.9 Å². The maximum absolute atomic E-state index is 12.4. The summed E-state index contributed by atoms with van der Waals surface area (Å²) >= 11 is 5.08. The third kappa shape index (κ3) is 4.21. The lowest BCUT2D eigenvalue weighted by atomic mass is 9.81. The van der Waals surface area contributed by atoms with Gasteiger partial charge >= 0.3 is 0 Å². The van der Waals surface area contributed by atoms with Gasteiger partial charge < -0.3 is 15.4 Å². The van der Waals surface area contributed by atoms with Crippen molar-refractivity contribution in [1.82, 2.24) is 4.90 Å². The number of ether oxygens (including phenoxy) is 1. The quantitative estimate of drug-likeness (QED) is 0.688. The lowest BCUT2D eigenvalue weighted by Gasteiger charge is -2.33. The molecule has 5 heteroatoms. The van der Waals surface area contributed by atoms with E-state index in [0.29, 0.717) is 26.0 Å². The van der Waals surface area contributed by atoms with Gasteiger partial charge in [-0.1, -0.05) is 26.1 Å². The number of hydrogen-bond donors (Lipinski definition) is 1. The highest BCUT2D eigenvalue weighted by molar-refractivity contribution is 7.80. The Kier molecular flexibility index (Phi) is 7.40. The van der Waals surface area contributed by atoms with E-state index >= 15 is 0 Å². The Balaban J connectivity index is 4.63. The summed E-state index contributed by atoms with van der Waals surface area (Å²) < 4.78 is 5.45. The van der Waals surface area contributed by atoms with E-state index in [4.69, 9.17) is 22.7 Å². The third-order valence-corrected chi connectivity index (χ3v) is 3.70. The summed E-state index contributed by atoms with van der Waals surface area (Å²) in [5.74, 6) is -0.00708. The van der Waals surface area contributed by atoms with Gasteiger partial charge in [0.2, 0.25) is 5.91 Å². The molecule has 0 bridgehead atoms. The van der Waals surface area contributed by atoms with Crippen LogP contribution in [0, 0.1) is 5.41 Å². The van der Waals surface area contributed by atoms with Crippen LogP contribution in [0.4, 0.5) is 0 Å². The number of nitrogens with zero attached hydrogens (tertiary/aromatic N) is 1. The minimum atomic E-state index is -0.706. The Bertz CT molecular complexity index is 289. The molecule has 1 amide bonds. The smallest absolute Gasteiger partial charge is 0.235 e. The largest absolute Gasteiger partial charge is 0.392 e. The highest BCUT2D eigenvalue weighted by Gasteiger charge is 2.39. The second kappa shape index (κ2) is 7.69. The maximum atomic E-state index is 12.4. The fraction of sp³-hybridized carbons (Fsp3) is 0.846. The molecule has 2 N–H and O–H groups in total. The highest BCUT2D eigenvalue weighted by atomic mass is 32.1. The van der Waals surface area contributed by atoms with Gasteiger partial charge in [-0.15, -0.1) is 0 Å². The molecule has 0 atom stereocenters. The van der Waals surface area contributed by atoms with Crippen molar-refractivity contribution >= 4 is 23.1 Å². The first kappa shape index (κ1) is 17.3. The number of carbonyl (C=O) groups is 1. The van der Waals surface area contributed by atoms with E-state index in [1.807, 2.05) is 27.7 Å². The summed E-state index contributed by atoms with van der Waals surface area (Å²) in [5.41, 5.74) is 5.05. The monoisotopic (exact) mass is 274 g/mol. The summed E-state index contributed by atoms with van der Waals surface area (Å²) in [6.07, 6.45) is 1.44. The fourth-order valence-corrected chi connectivity index (χ4v) is 2.27. The molecule has 0 rings (SSSR count). The van der Waals surface area contributed by atoms with Gasteiger partial charge in [-0.2, -0.15) is 0 Å². The summed E-state index contributed by atoms with van der Waals surface area (Å²) in [4.78, 5) is 14.4. The first-order chi connectivity index (χ1) is 8.31. The van der Waals surface area contributed by atoms with Crippen LogP contribution in [0.5, 0.6) is 0 Å².